The van der Waals surface area contributed by atoms with Crippen molar-refractivity contribution in [2.24, 2.45) is 0 Å². The van der Waals surface area contributed by atoms with Crippen LogP contribution in [0, 0.1) is 0 Å². The Morgan fingerprint density at radius 2 is 1.00 bits per heavy atom. The van der Waals surface area contributed by atoms with Crippen LogP contribution in [0.2, 0.25) is 0 Å². The molecule has 0 unspecified atom stereocenters. The number of rotatable bonds is 0. The first-order chi connectivity index (χ1) is 3.46. The molecule has 0 aliphatic heterocycles. The van der Waals surface area contributed by atoms with Gasteiger partial charge in [0.2, 0.25) is 0 Å². The van der Waals surface area contributed by atoms with Crippen LogP contribution in [0.4, 0.5) is 8.22 Å². The third kappa shape index (κ3) is 1650000. The van der Waals surface area contributed by atoms with Crippen LogP contribution in [0.5, 0.6) is 0 Å². The predicted molar refractivity (Wildman–Crippen MR) is 15.1 cm³/mol. The molecule has 0 bridgehead atoms. The Hall–Kier alpha value is 0.0132. The van der Waals surface area contributed by atoms with Gasteiger partial charge in [0, 0.05) is 0 Å². The average molecular weight is 222 g/mol. The fraction of sp³-hybridized carbons (Fsp3) is 0. The third-order valence-electron chi connectivity index (χ3n) is 0. The summed E-state index contributed by atoms with van der Waals surface area (Å²) in [5, 5.41) is 0. The summed E-state index contributed by atoms with van der Waals surface area (Å²) in [6.45, 7) is 0. The Morgan fingerprint density at radius 1 is 1.00 bits per heavy atom. The molecule has 0 aliphatic rings. The van der Waals surface area contributed by atoms with E-state index in [1.165, 1.54) is 0 Å². The van der Waals surface area contributed by atoms with Crippen LogP contribution >= 0.6 is 0 Å². The molecule has 0 saturated carbocycles. The molecule has 0 aromatic rings. The summed E-state index contributed by atoms with van der Waals surface area (Å²) >= 11 is 0. The minimum atomic E-state index is -3.88. The Morgan fingerprint density at radius 3 is 1.00 bits per heavy atom. The summed E-state index contributed by atoms with van der Waals surface area (Å²) in [6, 6.07) is 0. The van der Waals surface area contributed by atoms with Crippen LogP contribution in [0.1, 0.15) is 0 Å². The van der Waals surface area contributed by atoms with Crippen molar-refractivity contribution < 1.29 is 43.8 Å². The molecule has 0 fully saturated rings. The van der Waals surface area contributed by atoms with Gasteiger partial charge in [-0.2, -0.15) is 0 Å². The third-order valence-corrected chi connectivity index (χ3v) is 0. The SMILES string of the molecule is O=[Si]([O-])F.O=[Si]([O-])F.[Cu+2]. The predicted octanol–water partition coefficient (Wildman–Crippen LogP) is -2.54. The van der Waals surface area contributed by atoms with Gasteiger partial charge in [0.05, 0.1) is 0 Å². The summed E-state index contributed by atoms with van der Waals surface area (Å²) < 4.78 is 36.8. The van der Waals surface area contributed by atoms with Gasteiger partial charge in [0.1, 0.15) is 0 Å². The molecule has 0 N–H and O–H groups in total. The fourth-order valence-electron chi connectivity index (χ4n) is 0. The van der Waals surface area contributed by atoms with E-state index >= 15 is 0 Å². The zero-order valence-electron chi connectivity index (χ0n) is 3.69. The molecule has 0 aliphatic carbocycles. The quantitative estimate of drug-likeness (QED) is 0.334. The van der Waals surface area contributed by atoms with E-state index in [4.69, 9.17) is 18.5 Å². The first-order valence-electron chi connectivity index (χ1n) is 1.19. The van der Waals surface area contributed by atoms with E-state index in [9.17, 15) is 8.22 Å². The summed E-state index contributed by atoms with van der Waals surface area (Å²) in [4.78, 5) is 16.8. The molecule has 0 saturated heterocycles. The topological polar surface area (TPSA) is 80.3 Å². The average Bonchev–Trinajstić information content (AvgIpc) is 1.25. The van der Waals surface area contributed by atoms with Gasteiger partial charge in [-0.3, -0.25) is 8.22 Å². The molecule has 0 atom stereocenters. The Balaban J connectivity index is -0.0000000720. The Kier molecular flexibility index (Phi) is 19.4. The van der Waals surface area contributed by atoms with Crippen LogP contribution in [-0.2, 0) is 26.0 Å². The summed E-state index contributed by atoms with van der Waals surface area (Å²) in [5.74, 6) is 0. The summed E-state index contributed by atoms with van der Waals surface area (Å²) in [7, 11) is -7.76. The van der Waals surface area contributed by atoms with Gasteiger partial charge in [0.15, 0.2) is 0 Å². The molecule has 1 radical (unpaired) electrons. The van der Waals surface area contributed by atoms with Gasteiger partial charge in [-0.25, -0.2) is 0 Å². The first kappa shape index (κ1) is 16.0. The Bertz CT molecular complexity index is 74.6. The summed E-state index contributed by atoms with van der Waals surface area (Å²) in [6.07, 6.45) is 0. The largest absolute Gasteiger partial charge is 2.00 e. The zero-order valence-corrected chi connectivity index (χ0v) is 6.63. The van der Waals surface area contributed by atoms with Crippen molar-refractivity contribution in [3.05, 3.63) is 0 Å². The number of halogens is 2. The van der Waals surface area contributed by atoms with E-state index in [1.807, 2.05) is 0 Å². The smallest absolute Gasteiger partial charge is 0.560 e. The maximum atomic E-state index is 9.99. The zero-order chi connectivity index (χ0) is 7.15. The van der Waals surface area contributed by atoms with E-state index in [-0.39, 0.29) is 17.1 Å². The van der Waals surface area contributed by atoms with Crippen molar-refractivity contribution in [2.75, 3.05) is 0 Å². The van der Waals surface area contributed by atoms with Gasteiger partial charge >= 0.3 is 35.6 Å². The molecule has 0 spiro atoms. The molecule has 0 heterocycles. The molecule has 0 aromatic carbocycles. The fourth-order valence-corrected chi connectivity index (χ4v) is 0. The van der Waals surface area contributed by atoms with Crippen molar-refractivity contribution >= 4 is 18.5 Å². The summed E-state index contributed by atoms with van der Waals surface area (Å²) in [5.41, 5.74) is 0. The van der Waals surface area contributed by atoms with Crippen molar-refractivity contribution in [3.63, 3.8) is 0 Å². The molecular weight excluding hydrogens is 222 g/mol. The minimum Gasteiger partial charge on any atom is -0.560 e. The van der Waals surface area contributed by atoms with Gasteiger partial charge in [-0.05, 0) is 0 Å². The molecule has 57 valence electrons. The molecule has 0 amide bonds. The molecule has 0 aromatic heterocycles. The molecule has 4 nitrogen and oxygen atoms in total. The molecular formula is CuF2O4Si2. The van der Waals surface area contributed by atoms with Gasteiger partial charge in [-0.1, -0.05) is 0 Å². The standard InChI is InChI=1S/Cu.2FO2Si/c;2*1-4(2)3/q+2;2*-1. The van der Waals surface area contributed by atoms with E-state index in [1.54, 1.807) is 0 Å². The van der Waals surface area contributed by atoms with Crippen LogP contribution in [0.15, 0.2) is 0 Å². The van der Waals surface area contributed by atoms with E-state index < -0.39 is 18.5 Å². The van der Waals surface area contributed by atoms with Crippen LogP contribution in [0.3, 0.4) is 0 Å². The van der Waals surface area contributed by atoms with Crippen LogP contribution in [-0.4, -0.2) is 18.5 Å². The van der Waals surface area contributed by atoms with Gasteiger partial charge in [-0.15, -0.1) is 0 Å². The monoisotopic (exact) mass is 221 g/mol. The van der Waals surface area contributed by atoms with Gasteiger partial charge in [0.25, 0.3) is 0 Å². The first-order valence-corrected chi connectivity index (χ1v) is 3.58. The van der Waals surface area contributed by atoms with Crippen LogP contribution in [0.25, 0.3) is 0 Å². The van der Waals surface area contributed by atoms with Crippen molar-refractivity contribution in [1.82, 2.24) is 0 Å². The molecule has 9 heavy (non-hydrogen) atoms. The van der Waals surface area contributed by atoms with Gasteiger partial charge < -0.3 is 18.5 Å². The Labute approximate surface area is 62.9 Å². The second-order valence-corrected chi connectivity index (χ2v) is 1.43. The second kappa shape index (κ2) is 10.9. The van der Waals surface area contributed by atoms with E-state index in [2.05, 4.69) is 0 Å². The minimum absolute atomic E-state index is 0. The number of hydrogen-bond acceptors (Lipinski definition) is 4. The molecule has 0 rings (SSSR count). The van der Waals surface area contributed by atoms with Crippen LogP contribution < -0.4 is 9.59 Å². The number of hydrogen-bond donors (Lipinski definition) is 0. The normalized spacial score (nSPS) is 5.56. The van der Waals surface area contributed by atoms with Crippen molar-refractivity contribution in [1.29, 1.82) is 0 Å². The maximum Gasteiger partial charge on any atom is 2.00 e. The maximum absolute atomic E-state index is 9.99. The van der Waals surface area contributed by atoms with E-state index in [0.29, 0.717) is 0 Å². The van der Waals surface area contributed by atoms with Crippen molar-refractivity contribution in [3.8, 4) is 0 Å². The van der Waals surface area contributed by atoms with E-state index in [0.717, 1.165) is 0 Å². The molecule has 9 heteroatoms. The van der Waals surface area contributed by atoms with Crippen molar-refractivity contribution in [2.45, 2.75) is 0 Å². The second-order valence-electron chi connectivity index (χ2n) is 0.475.